The van der Waals surface area contributed by atoms with Crippen molar-refractivity contribution < 1.29 is 4.79 Å². The van der Waals surface area contributed by atoms with Gasteiger partial charge in [0.15, 0.2) is 5.65 Å². The normalized spacial score (nSPS) is 12.1. The third-order valence-corrected chi connectivity index (χ3v) is 4.96. The van der Waals surface area contributed by atoms with Crippen LogP contribution < -0.4 is 11.0 Å². The van der Waals surface area contributed by atoms with Crippen LogP contribution in [0.25, 0.3) is 16.9 Å². The quantitative estimate of drug-likeness (QED) is 0.572. The van der Waals surface area contributed by atoms with E-state index in [1.54, 1.807) is 16.8 Å². The van der Waals surface area contributed by atoms with Crippen molar-refractivity contribution in [3.05, 3.63) is 94.5 Å². The third kappa shape index (κ3) is 3.69. The van der Waals surface area contributed by atoms with Gasteiger partial charge in [-0.1, -0.05) is 48.0 Å². The molecule has 0 bridgehead atoms. The second-order valence-corrected chi connectivity index (χ2v) is 7.09. The van der Waals surface area contributed by atoms with E-state index in [-0.39, 0.29) is 24.2 Å². The highest BCUT2D eigenvalue weighted by Gasteiger charge is 2.18. The molecule has 146 valence electrons. The van der Waals surface area contributed by atoms with E-state index >= 15 is 0 Å². The van der Waals surface area contributed by atoms with E-state index in [4.69, 9.17) is 0 Å². The molecule has 0 aliphatic rings. The van der Waals surface area contributed by atoms with Crippen LogP contribution in [0.5, 0.6) is 0 Å². The van der Waals surface area contributed by atoms with Crippen LogP contribution in [-0.4, -0.2) is 20.0 Å². The SMILES string of the molecule is Cc1ccc(-n2c(=O)n(CC(=O)N[C@@H](C)c3ccccc3)c3cccnc32)cc1. The van der Waals surface area contributed by atoms with Crippen LogP contribution in [0.1, 0.15) is 24.1 Å². The summed E-state index contributed by atoms with van der Waals surface area (Å²) in [5.74, 6) is -0.227. The zero-order valence-electron chi connectivity index (χ0n) is 16.4. The van der Waals surface area contributed by atoms with Crippen molar-refractivity contribution in [2.75, 3.05) is 0 Å². The summed E-state index contributed by atoms with van der Waals surface area (Å²) in [6.07, 6.45) is 1.65. The van der Waals surface area contributed by atoms with E-state index in [9.17, 15) is 9.59 Å². The van der Waals surface area contributed by atoms with Crippen molar-refractivity contribution >= 4 is 17.1 Å². The van der Waals surface area contributed by atoms with Crippen molar-refractivity contribution in [3.63, 3.8) is 0 Å². The molecule has 1 amide bonds. The number of rotatable bonds is 5. The lowest BCUT2D eigenvalue weighted by atomic mass is 10.1. The summed E-state index contributed by atoms with van der Waals surface area (Å²) >= 11 is 0. The Morgan fingerprint density at radius 1 is 1.03 bits per heavy atom. The predicted octanol–water partition coefficient (Wildman–Crippen LogP) is 3.37. The molecular weight excluding hydrogens is 364 g/mol. The number of nitrogens with one attached hydrogen (secondary N) is 1. The Morgan fingerprint density at radius 3 is 2.48 bits per heavy atom. The molecule has 0 radical (unpaired) electrons. The number of imidazole rings is 1. The molecule has 6 heteroatoms. The molecule has 2 aromatic carbocycles. The number of nitrogens with zero attached hydrogens (tertiary/aromatic N) is 3. The Bertz CT molecular complexity index is 1210. The molecule has 4 aromatic rings. The second-order valence-electron chi connectivity index (χ2n) is 7.09. The highest BCUT2D eigenvalue weighted by Crippen LogP contribution is 2.16. The largest absolute Gasteiger partial charge is 0.348 e. The molecule has 0 unspecified atom stereocenters. The van der Waals surface area contributed by atoms with E-state index in [0.29, 0.717) is 11.2 Å². The Kier molecular flexibility index (Phi) is 4.99. The van der Waals surface area contributed by atoms with Gasteiger partial charge in [0.05, 0.1) is 17.2 Å². The van der Waals surface area contributed by atoms with Gasteiger partial charge in [-0.15, -0.1) is 0 Å². The maximum atomic E-state index is 13.2. The van der Waals surface area contributed by atoms with Crippen LogP contribution in [0.15, 0.2) is 77.7 Å². The molecule has 2 aromatic heterocycles. The average molecular weight is 386 g/mol. The highest BCUT2D eigenvalue weighted by molar-refractivity contribution is 5.80. The minimum atomic E-state index is -0.287. The molecule has 29 heavy (non-hydrogen) atoms. The summed E-state index contributed by atoms with van der Waals surface area (Å²) in [6, 6.07) is 20.8. The lowest BCUT2D eigenvalue weighted by Gasteiger charge is -2.14. The molecule has 0 aliphatic carbocycles. The van der Waals surface area contributed by atoms with Gasteiger partial charge >= 0.3 is 5.69 Å². The summed E-state index contributed by atoms with van der Waals surface area (Å²) in [4.78, 5) is 30.2. The first-order chi connectivity index (χ1) is 14.0. The van der Waals surface area contributed by atoms with E-state index in [0.717, 1.165) is 16.8 Å². The van der Waals surface area contributed by atoms with E-state index in [2.05, 4.69) is 10.3 Å². The Balaban J connectivity index is 1.67. The molecule has 2 heterocycles. The minimum absolute atomic E-state index is 0.0724. The number of aryl methyl sites for hydroxylation is 1. The van der Waals surface area contributed by atoms with Crippen molar-refractivity contribution in [3.8, 4) is 5.69 Å². The molecule has 0 spiro atoms. The Morgan fingerprint density at radius 2 is 1.76 bits per heavy atom. The summed E-state index contributed by atoms with van der Waals surface area (Å²) in [5, 5.41) is 2.96. The number of aromatic nitrogens is 3. The zero-order valence-corrected chi connectivity index (χ0v) is 16.4. The molecule has 1 N–H and O–H groups in total. The first-order valence-electron chi connectivity index (χ1n) is 9.52. The lowest BCUT2D eigenvalue weighted by molar-refractivity contribution is -0.122. The fourth-order valence-electron chi connectivity index (χ4n) is 3.42. The molecule has 6 nitrogen and oxygen atoms in total. The number of amides is 1. The molecule has 4 rings (SSSR count). The standard InChI is InChI=1S/C23H22N4O2/c1-16-10-12-19(13-11-16)27-22-20(9-6-14-24-22)26(23(27)29)15-21(28)25-17(2)18-7-4-3-5-8-18/h3-14,17H,15H2,1-2H3,(H,25,28)/t17-/m0/s1. The number of fused-ring (bicyclic) bond motifs is 1. The number of carbonyl (C=O) groups is 1. The van der Waals surface area contributed by atoms with E-state index < -0.39 is 0 Å². The highest BCUT2D eigenvalue weighted by atomic mass is 16.2. The number of hydrogen-bond donors (Lipinski definition) is 1. The summed E-state index contributed by atoms with van der Waals surface area (Å²) in [6.45, 7) is 3.84. The van der Waals surface area contributed by atoms with Gasteiger partial charge in [-0.2, -0.15) is 0 Å². The number of hydrogen-bond acceptors (Lipinski definition) is 3. The van der Waals surface area contributed by atoms with Crippen LogP contribution in [-0.2, 0) is 11.3 Å². The summed E-state index contributed by atoms with van der Waals surface area (Å²) in [5.41, 5.74) is 3.71. The number of pyridine rings is 1. The van der Waals surface area contributed by atoms with Gasteiger partial charge in [-0.05, 0) is 43.7 Å². The van der Waals surface area contributed by atoms with Gasteiger partial charge in [0.2, 0.25) is 5.91 Å². The molecule has 0 fully saturated rings. The van der Waals surface area contributed by atoms with Crippen molar-refractivity contribution in [2.24, 2.45) is 0 Å². The molecule has 0 aliphatic heterocycles. The van der Waals surface area contributed by atoms with Gasteiger partial charge in [0.1, 0.15) is 6.54 Å². The van der Waals surface area contributed by atoms with Crippen LogP contribution in [0.2, 0.25) is 0 Å². The maximum absolute atomic E-state index is 13.2. The molecular formula is C23H22N4O2. The molecule has 1 atom stereocenters. The fourth-order valence-corrected chi connectivity index (χ4v) is 3.42. The summed E-state index contributed by atoms with van der Waals surface area (Å²) in [7, 11) is 0. The van der Waals surface area contributed by atoms with Crippen molar-refractivity contribution in [1.82, 2.24) is 19.4 Å². The minimum Gasteiger partial charge on any atom is -0.348 e. The van der Waals surface area contributed by atoms with Gasteiger partial charge in [0, 0.05) is 6.20 Å². The van der Waals surface area contributed by atoms with Crippen LogP contribution in [0, 0.1) is 6.92 Å². The van der Waals surface area contributed by atoms with Gasteiger partial charge in [0.25, 0.3) is 0 Å². The van der Waals surface area contributed by atoms with Gasteiger partial charge in [-0.3, -0.25) is 9.36 Å². The lowest BCUT2D eigenvalue weighted by Crippen LogP contribution is -2.34. The van der Waals surface area contributed by atoms with Crippen molar-refractivity contribution in [2.45, 2.75) is 26.4 Å². The van der Waals surface area contributed by atoms with Crippen molar-refractivity contribution in [1.29, 1.82) is 0 Å². The number of carbonyl (C=O) groups excluding carboxylic acids is 1. The predicted molar refractivity (Wildman–Crippen MR) is 113 cm³/mol. The second kappa shape index (κ2) is 7.75. The Hall–Kier alpha value is -3.67. The van der Waals surface area contributed by atoms with Gasteiger partial charge < -0.3 is 5.32 Å². The molecule has 0 saturated heterocycles. The monoisotopic (exact) mass is 386 g/mol. The maximum Gasteiger partial charge on any atom is 0.335 e. The average Bonchev–Trinajstić information content (AvgIpc) is 3.01. The Labute approximate surface area is 168 Å². The van der Waals surface area contributed by atoms with Crippen LogP contribution in [0.3, 0.4) is 0 Å². The first kappa shape index (κ1) is 18.7. The molecule has 0 saturated carbocycles. The summed E-state index contributed by atoms with van der Waals surface area (Å²) < 4.78 is 3.01. The first-order valence-corrected chi connectivity index (χ1v) is 9.52. The smallest absolute Gasteiger partial charge is 0.335 e. The third-order valence-electron chi connectivity index (χ3n) is 4.96. The van der Waals surface area contributed by atoms with E-state index in [1.165, 1.54) is 4.57 Å². The number of benzene rings is 2. The zero-order chi connectivity index (χ0) is 20.4. The van der Waals surface area contributed by atoms with Crippen LogP contribution >= 0.6 is 0 Å². The fraction of sp³-hybridized carbons (Fsp3) is 0.174. The van der Waals surface area contributed by atoms with Gasteiger partial charge in [-0.25, -0.2) is 14.3 Å². The van der Waals surface area contributed by atoms with E-state index in [1.807, 2.05) is 74.5 Å². The topological polar surface area (TPSA) is 68.9 Å². The van der Waals surface area contributed by atoms with Crippen LogP contribution in [0.4, 0.5) is 0 Å².